The Morgan fingerprint density at radius 3 is 1.31 bits per heavy atom. The molecule has 0 N–H and O–H groups in total. The molecule has 0 bridgehead atoms. The minimum atomic E-state index is -2.38. The van der Waals surface area contributed by atoms with Crippen LogP contribution in [0.3, 0.4) is 0 Å². The molecule has 0 atom stereocenters. The highest BCUT2D eigenvalue weighted by atomic mass is 79.9. The summed E-state index contributed by atoms with van der Waals surface area (Å²) in [5, 5.41) is 6.79. The molecule has 1 heterocycles. The molecule has 1 aliphatic rings. The van der Waals surface area contributed by atoms with Gasteiger partial charge in [-0.25, -0.2) is 0 Å². The first-order valence-electron chi connectivity index (χ1n) is 20.2. The van der Waals surface area contributed by atoms with E-state index in [4.69, 9.17) is 0 Å². The van der Waals surface area contributed by atoms with Gasteiger partial charge in [0.2, 0.25) is 0 Å². The van der Waals surface area contributed by atoms with E-state index in [0.29, 0.717) is 0 Å². The number of halogens is 3. The Morgan fingerprint density at radius 2 is 0.870 bits per heavy atom. The Kier molecular flexibility index (Phi) is 19.4. The fourth-order valence-corrected chi connectivity index (χ4v) is 25.2. The van der Waals surface area contributed by atoms with E-state index in [1.54, 1.807) is 10.4 Å². The van der Waals surface area contributed by atoms with Crippen molar-refractivity contribution in [2.75, 3.05) is 28.0 Å². The van der Waals surface area contributed by atoms with Crippen LogP contribution >= 0.6 is 59.6 Å². The van der Waals surface area contributed by atoms with Gasteiger partial charge in [-0.3, -0.25) is 0 Å². The fourth-order valence-electron chi connectivity index (χ4n) is 9.14. The summed E-state index contributed by atoms with van der Waals surface area (Å²) in [6, 6.07) is 57.5. The van der Waals surface area contributed by atoms with Crippen LogP contribution in [0.2, 0.25) is 48.4 Å². The van der Waals surface area contributed by atoms with E-state index in [-0.39, 0.29) is 0 Å². The normalized spacial score (nSPS) is 14.3. The van der Waals surface area contributed by atoms with Gasteiger partial charge in [-0.05, 0) is 93.6 Å². The lowest BCUT2D eigenvalue weighted by Crippen LogP contribution is -2.39. The second-order valence-electron chi connectivity index (χ2n) is 15.0. The third kappa shape index (κ3) is 11.7. The average Bonchev–Trinajstić information content (AvgIpc) is 3.52. The van der Waals surface area contributed by atoms with Gasteiger partial charge in [-0.2, -0.15) is 11.8 Å². The smallest absolute Gasteiger partial charge is 0.121 e. The van der Waals surface area contributed by atoms with Gasteiger partial charge in [0.1, 0.15) is 8.07 Å². The molecular formula is C47H59Br3SSi3. The summed E-state index contributed by atoms with van der Waals surface area (Å²) < 4.78 is 0. The second kappa shape index (κ2) is 23.9. The van der Waals surface area contributed by atoms with E-state index < -0.39 is 16.1 Å². The molecule has 4 aromatic carbocycles. The van der Waals surface area contributed by atoms with Crippen molar-refractivity contribution in [3.05, 3.63) is 144 Å². The topological polar surface area (TPSA) is 0 Å². The van der Waals surface area contributed by atoms with E-state index in [2.05, 4.69) is 175 Å². The van der Waals surface area contributed by atoms with Crippen molar-refractivity contribution < 1.29 is 0 Å². The van der Waals surface area contributed by atoms with Crippen LogP contribution in [0, 0.1) is 0 Å². The number of hydrogen-bond acceptors (Lipinski definition) is 1. The predicted molar refractivity (Wildman–Crippen MR) is 263 cm³/mol. The van der Waals surface area contributed by atoms with Gasteiger partial charge in [0.05, 0.1) is 8.07 Å². The minimum Gasteiger partial charge on any atom is -0.165 e. The molecule has 2 radical (unpaired) electrons. The highest BCUT2D eigenvalue weighted by Gasteiger charge is 2.50. The molecule has 0 aromatic heterocycles. The minimum absolute atomic E-state index is 1.05. The third-order valence-electron chi connectivity index (χ3n) is 11.4. The zero-order valence-electron chi connectivity index (χ0n) is 32.3. The van der Waals surface area contributed by atoms with Gasteiger partial charge < -0.3 is 0 Å². The Bertz CT molecular complexity index is 1610. The molecule has 7 heteroatoms. The van der Waals surface area contributed by atoms with Crippen LogP contribution in [0.4, 0.5) is 0 Å². The lowest BCUT2D eigenvalue weighted by atomic mass is 9.89. The molecule has 0 nitrogen and oxygen atoms in total. The number of rotatable bonds is 25. The van der Waals surface area contributed by atoms with Crippen molar-refractivity contribution in [3.8, 4) is 0 Å². The maximum atomic E-state index is 3.86. The lowest BCUT2D eigenvalue weighted by molar-refractivity contribution is 0.884. The number of benzene rings is 4. The predicted octanol–water partition coefficient (Wildman–Crippen LogP) is 15.6. The van der Waals surface area contributed by atoms with E-state index in [1.165, 1.54) is 126 Å². The van der Waals surface area contributed by atoms with Crippen LogP contribution in [-0.2, 0) is 0 Å². The summed E-state index contributed by atoms with van der Waals surface area (Å²) in [6.45, 7) is 0. The molecule has 0 fully saturated rings. The van der Waals surface area contributed by atoms with Crippen LogP contribution in [0.15, 0.2) is 121 Å². The average molecular weight is 980 g/mol. The van der Waals surface area contributed by atoms with Gasteiger partial charge in [-0.1, -0.05) is 218 Å². The molecule has 0 saturated heterocycles. The monoisotopic (exact) mass is 976 g/mol. The van der Waals surface area contributed by atoms with Crippen molar-refractivity contribution in [1.29, 1.82) is 0 Å². The molecule has 0 spiro atoms. The Labute approximate surface area is 362 Å². The number of hydrogen-bond donors (Lipinski definition) is 0. The van der Waals surface area contributed by atoms with Crippen LogP contribution in [0.25, 0.3) is 21.5 Å². The molecule has 286 valence electrons. The van der Waals surface area contributed by atoms with Crippen LogP contribution in [-0.4, -0.2) is 53.7 Å². The van der Waals surface area contributed by atoms with Crippen molar-refractivity contribution >= 4 is 107 Å². The number of thioether (sulfide) groups is 1. The second-order valence-corrected chi connectivity index (χ2v) is 29.0. The zero-order valence-corrected chi connectivity index (χ0v) is 40.9. The largest absolute Gasteiger partial charge is 0.165 e. The molecule has 1 aliphatic heterocycles. The molecule has 0 unspecified atom stereocenters. The zero-order chi connectivity index (χ0) is 37.9. The van der Waals surface area contributed by atoms with Crippen molar-refractivity contribution in [1.82, 2.24) is 0 Å². The van der Waals surface area contributed by atoms with E-state index in [0.717, 1.165) is 25.5 Å². The van der Waals surface area contributed by atoms with Crippen molar-refractivity contribution in [2.45, 2.75) is 86.9 Å². The molecule has 0 aliphatic carbocycles. The molecule has 0 saturated carbocycles. The summed E-state index contributed by atoms with van der Waals surface area (Å²) in [4.78, 5) is 0. The van der Waals surface area contributed by atoms with Gasteiger partial charge in [-0.15, -0.1) is 0 Å². The Morgan fingerprint density at radius 1 is 0.481 bits per heavy atom. The van der Waals surface area contributed by atoms with E-state index in [9.17, 15) is 0 Å². The molecule has 0 amide bonds. The van der Waals surface area contributed by atoms with E-state index in [1.807, 2.05) is 11.8 Å². The van der Waals surface area contributed by atoms with Crippen molar-refractivity contribution in [3.63, 3.8) is 0 Å². The summed E-state index contributed by atoms with van der Waals surface area (Å²) in [7, 11) is -2.82. The first kappa shape index (κ1) is 43.9. The Hall–Kier alpha value is -1.20. The summed E-state index contributed by atoms with van der Waals surface area (Å²) in [5.74, 6) is 1.30. The summed E-state index contributed by atoms with van der Waals surface area (Å²) >= 11 is 13.5. The van der Waals surface area contributed by atoms with Crippen LogP contribution in [0.1, 0.15) is 60.8 Å². The summed E-state index contributed by atoms with van der Waals surface area (Å²) in [5.41, 5.74) is 8.64. The van der Waals surface area contributed by atoms with E-state index >= 15 is 0 Å². The first-order chi connectivity index (χ1) is 26.6. The third-order valence-corrected chi connectivity index (χ3v) is 26.3. The van der Waals surface area contributed by atoms with Crippen LogP contribution in [0.5, 0.6) is 0 Å². The molecule has 5 rings (SSSR count). The molecule has 4 aromatic rings. The Balaban J connectivity index is 1.75. The highest BCUT2D eigenvalue weighted by molar-refractivity contribution is 9.09. The summed E-state index contributed by atoms with van der Waals surface area (Å²) in [6.07, 6.45) is 10.3. The van der Waals surface area contributed by atoms with Crippen molar-refractivity contribution in [2.24, 2.45) is 0 Å². The van der Waals surface area contributed by atoms with Gasteiger partial charge in [0, 0.05) is 25.5 Å². The van der Waals surface area contributed by atoms with Gasteiger partial charge in [0.25, 0.3) is 0 Å². The SMILES string of the molecule is CSCCC[Si](CCCBr)(CCCBr)CCC[Si]1(CCC[Si]CCCBr)C(c2ccccc2)=C(c2ccccc2)C(c2ccccc2)=C1c1ccccc1. The van der Waals surface area contributed by atoms with Gasteiger partial charge >= 0.3 is 0 Å². The fraction of sp³-hybridized carbons (Fsp3) is 0.404. The first-order valence-corrected chi connectivity index (χ1v) is 31.6. The van der Waals surface area contributed by atoms with Gasteiger partial charge in [0.15, 0.2) is 0 Å². The number of allylic oxidation sites excluding steroid dienone is 2. The lowest BCUT2D eigenvalue weighted by Gasteiger charge is -2.38. The molecular weight excluding hydrogens is 921 g/mol. The maximum absolute atomic E-state index is 3.86. The quantitative estimate of drug-likeness (QED) is 0.0362. The standard InChI is InChI=1S/C47H59Br3SSi3/c1-51-31-17-36-53(34-15-29-49,35-16-30-50)37-19-39-54(38-18-33-52-32-14-28-48)46(42-24-10-4-11-25-42)44(40-20-6-2-7-21-40)45(41-22-8-3-9-23-41)47(54)43-26-12-5-13-27-43/h2-13,20-27H,14-19,28-39H2,1H3. The number of alkyl halides is 3. The van der Waals surface area contributed by atoms with Crippen LogP contribution < -0.4 is 0 Å². The maximum Gasteiger partial charge on any atom is 0.121 e. The highest BCUT2D eigenvalue weighted by Crippen LogP contribution is 2.59. The molecule has 54 heavy (non-hydrogen) atoms.